The standard InChI is InChI=1S/C12H19N3O/c1-8-3-2-4-9(7-8)11-14-12(16-15-11)13-10-5-6-10/h8-10H,2-7H2,1H3,(H,13,14,15). The second-order valence-electron chi connectivity index (χ2n) is 5.35. The molecule has 0 radical (unpaired) electrons. The number of hydrogen-bond acceptors (Lipinski definition) is 4. The van der Waals surface area contributed by atoms with Crippen molar-refractivity contribution in [2.45, 2.75) is 57.4 Å². The maximum Gasteiger partial charge on any atom is 0.321 e. The quantitative estimate of drug-likeness (QED) is 0.852. The smallest absolute Gasteiger partial charge is 0.321 e. The molecule has 2 aliphatic carbocycles. The van der Waals surface area contributed by atoms with Crippen LogP contribution in [0.25, 0.3) is 0 Å². The minimum atomic E-state index is 0.516. The third-order valence-electron chi connectivity index (χ3n) is 3.65. The van der Waals surface area contributed by atoms with Gasteiger partial charge in [0.05, 0.1) is 0 Å². The van der Waals surface area contributed by atoms with E-state index in [-0.39, 0.29) is 0 Å². The predicted octanol–water partition coefficient (Wildman–Crippen LogP) is 2.94. The van der Waals surface area contributed by atoms with Gasteiger partial charge in [0.2, 0.25) is 0 Å². The largest absolute Gasteiger partial charge is 0.335 e. The summed E-state index contributed by atoms with van der Waals surface area (Å²) in [4.78, 5) is 4.46. The van der Waals surface area contributed by atoms with Gasteiger partial charge >= 0.3 is 6.01 Å². The Labute approximate surface area is 95.8 Å². The molecule has 3 rings (SSSR count). The molecule has 0 amide bonds. The van der Waals surface area contributed by atoms with E-state index in [2.05, 4.69) is 22.4 Å². The molecule has 2 fully saturated rings. The zero-order valence-electron chi connectivity index (χ0n) is 9.78. The van der Waals surface area contributed by atoms with Gasteiger partial charge in [-0.15, -0.1) is 0 Å². The number of aromatic nitrogens is 2. The lowest BCUT2D eigenvalue weighted by molar-refractivity contribution is 0.324. The van der Waals surface area contributed by atoms with Gasteiger partial charge in [-0.1, -0.05) is 24.9 Å². The lowest BCUT2D eigenvalue weighted by atomic mass is 9.82. The lowest BCUT2D eigenvalue weighted by Gasteiger charge is -2.23. The van der Waals surface area contributed by atoms with Crippen molar-refractivity contribution in [2.24, 2.45) is 5.92 Å². The van der Waals surface area contributed by atoms with Gasteiger partial charge in [0.25, 0.3) is 0 Å². The van der Waals surface area contributed by atoms with Gasteiger partial charge < -0.3 is 9.84 Å². The zero-order valence-corrected chi connectivity index (χ0v) is 9.78. The maximum atomic E-state index is 5.23. The molecule has 1 N–H and O–H groups in total. The van der Waals surface area contributed by atoms with Crippen LogP contribution in [0.4, 0.5) is 6.01 Å². The second kappa shape index (κ2) is 4.07. The van der Waals surface area contributed by atoms with Crippen LogP contribution in [0.15, 0.2) is 4.52 Å². The molecule has 1 heterocycles. The van der Waals surface area contributed by atoms with Crippen molar-refractivity contribution in [2.75, 3.05) is 5.32 Å². The van der Waals surface area contributed by atoms with Gasteiger partial charge in [0.1, 0.15) is 0 Å². The molecule has 4 heteroatoms. The van der Waals surface area contributed by atoms with Crippen molar-refractivity contribution >= 4 is 6.01 Å². The van der Waals surface area contributed by atoms with Crippen LogP contribution in [-0.2, 0) is 0 Å². The summed E-state index contributed by atoms with van der Waals surface area (Å²) in [5.74, 6) is 2.23. The van der Waals surface area contributed by atoms with Crippen molar-refractivity contribution in [3.05, 3.63) is 5.82 Å². The van der Waals surface area contributed by atoms with Crippen LogP contribution in [0.3, 0.4) is 0 Å². The summed E-state index contributed by atoms with van der Waals surface area (Å²) in [6, 6.07) is 1.20. The molecule has 16 heavy (non-hydrogen) atoms. The Kier molecular flexibility index (Phi) is 2.58. The molecule has 2 unspecified atom stereocenters. The molecule has 1 aromatic rings. The summed E-state index contributed by atoms with van der Waals surface area (Å²) in [5, 5.41) is 7.35. The van der Waals surface area contributed by atoms with Crippen LogP contribution < -0.4 is 5.32 Å². The molecule has 88 valence electrons. The first kappa shape index (κ1) is 10.1. The van der Waals surface area contributed by atoms with Gasteiger partial charge in [0, 0.05) is 12.0 Å². The fraction of sp³-hybridized carbons (Fsp3) is 0.833. The van der Waals surface area contributed by atoms with Gasteiger partial charge in [-0.2, -0.15) is 4.98 Å². The van der Waals surface area contributed by atoms with E-state index in [0.29, 0.717) is 18.0 Å². The van der Waals surface area contributed by atoms with E-state index in [0.717, 1.165) is 11.7 Å². The van der Waals surface area contributed by atoms with E-state index in [4.69, 9.17) is 4.52 Å². The maximum absolute atomic E-state index is 5.23. The van der Waals surface area contributed by atoms with Crippen LogP contribution in [0.2, 0.25) is 0 Å². The van der Waals surface area contributed by atoms with Gasteiger partial charge in [-0.25, -0.2) is 0 Å². The Morgan fingerprint density at radius 2 is 2.12 bits per heavy atom. The summed E-state index contributed by atoms with van der Waals surface area (Å²) in [7, 11) is 0. The Morgan fingerprint density at radius 3 is 2.88 bits per heavy atom. The van der Waals surface area contributed by atoms with Crippen LogP contribution in [0.5, 0.6) is 0 Å². The highest BCUT2D eigenvalue weighted by Gasteiger charge is 2.27. The third kappa shape index (κ3) is 2.20. The summed E-state index contributed by atoms with van der Waals surface area (Å²) in [6.45, 7) is 2.32. The number of rotatable bonds is 3. The third-order valence-corrected chi connectivity index (χ3v) is 3.65. The Bertz CT molecular complexity index is 359. The van der Waals surface area contributed by atoms with Crippen molar-refractivity contribution in [1.82, 2.24) is 10.1 Å². The molecule has 2 saturated carbocycles. The minimum absolute atomic E-state index is 0.516. The predicted molar refractivity (Wildman–Crippen MR) is 61.3 cm³/mol. The van der Waals surface area contributed by atoms with Crippen LogP contribution in [0, 0.1) is 5.92 Å². The van der Waals surface area contributed by atoms with Crippen molar-refractivity contribution < 1.29 is 4.52 Å². The topological polar surface area (TPSA) is 51.0 Å². The highest BCUT2D eigenvalue weighted by molar-refractivity contribution is 5.24. The summed E-state index contributed by atoms with van der Waals surface area (Å²) in [5.41, 5.74) is 0. The van der Waals surface area contributed by atoms with E-state index in [1.54, 1.807) is 0 Å². The summed E-state index contributed by atoms with van der Waals surface area (Å²) < 4.78 is 5.23. The van der Waals surface area contributed by atoms with Crippen LogP contribution in [0.1, 0.15) is 57.2 Å². The highest BCUT2D eigenvalue weighted by atomic mass is 16.5. The fourth-order valence-corrected chi connectivity index (χ4v) is 2.53. The molecule has 1 aromatic heterocycles. The zero-order chi connectivity index (χ0) is 11.0. The average molecular weight is 221 g/mol. The van der Waals surface area contributed by atoms with E-state index < -0.39 is 0 Å². The fourth-order valence-electron chi connectivity index (χ4n) is 2.53. The monoisotopic (exact) mass is 221 g/mol. The van der Waals surface area contributed by atoms with Crippen molar-refractivity contribution in [3.63, 3.8) is 0 Å². The van der Waals surface area contributed by atoms with Gasteiger partial charge in [-0.05, 0) is 31.6 Å². The normalized spacial score (nSPS) is 30.3. The molecule has 0 spiro atoms. The summed E-state index contributed by atoms with van der Waals surface area (Å²) in [6.07, 6.45) is 7.54. The molecule has 0 saturated heterocycles. The highest BCUT2D eigenvalue weighted by Crippen LogP contribution is 2.35. The molecule has 2 atom stereocenters. The van der Waals surface area contributed by atoms with Gasteiger partial charge in [-0.3, -0.25) is 0 Å². The lowest BCUT2D eigenvalue weighted by Crippen LogP contribution is -2.13. The first-order chi connectivity index (χ1) is 7.81. The number of anilines is 1. The van der Waals surface area contributed by atoms with Gasteiger partial charge in [0.15, 0.2) is 5.82 Å². The van der Waals surface area contributed by atoms with Crippen molar-refractivity contribution in [1.29, 1.82) is 0 Å². The second-order valence-corrected chi connectivity index (χ2v) is 5.35. The molecule has 0 bridgehead atoms. The van der Waals surface area contributed by atoms with E-state index >= 15 is 0 Å². The molecule has 0 aliphatic heterocycles. The van der Waals surface area contributed by atoms with E-state index in [9.17, 15) is 0 Å². The Hall–Kier alpha value is -1.06. The number of hydrogen-bond donors (Lipinski definition) is 1. The van der Waals surface area contributed by atoms with Crippen molar-refractivity contribution in [3.8, 4) is 0 Å². The average Bonchev–Trinajstić information content (AvgIpc) is 2.94. The number of nitrogens with one attached hydrogen (secondary N) is 1. The molecule has 4 nitrogen and oxygen atoms in total. The number of nitrogens with zero attached hydrogens (tertiary/aromatic N) is 2. The SMILES string of the molecule is CC1CCCC(c2noc(NC3CC3)n2)C1. The van der Waals surface area contributed by atoms with E-state index in [1.165, 1.54) is 38.5 Å². The summed E-state index contributed by atoms with van der Waals surface area (Å²) >= 11 is 0. The Balaban J connectivity index is 1.65. The molecule has 2 aliphatic rings. The molecular weight excluding hydrogens is 202 g/mol. The first-order valence-corrected chi connectivity index (χ1v) is 6.41. The minimum Gasteiger partial charge on any atom is -0.335 e. The van der Waals surface area contributed by atoms with Crippen LogP contribution in [-0.4, -0.2) is 16.2 Å². The molecular formula is C12H19N3O. The first-order valence-electron chi connectivity index (χ1n) is 6.41. The molecule has 0 aromatic carbocycles. The van der Waals surface area contributed by atoms with E-state index in [1.807, 2.05) is 0 Å². The van der Waals surface area contributed by atoms with Crippen LogP contribution >= 0.6 is 0 Å². The Morgan fingerprint density at radius 1 is 1.25 bits per heavy atom.